The lowest BCUT2D eigenvalue weighted by Gasteiger charge is -2.16. The van der Waals surface area contributed by atoms with Crippen LogP contribution >= 0.6 is 0 Å². The van der Waals surface area contributed by atoms with Crippen molar-refractivity contribution in [1.82, 2.24) is 9.13 Å². The second-order valence-electron chi connectivity index (χ2n) is 8.77. The van der Waals surface area contributed by atoms with Crippen molar-refractivity contribution >= 4 is 43.6 Å². The van der Waals surface area contributed by atoms with Crippen LogP contribution in [0.3, 0.4) is 0 Å². The zero-order valence-electron chi connectivity index (χ0n) is 18.6. The highest BCUT2D eigenvalue weighted by Crippen LogP contribution is 2.49. The van der Waals surface area contributed by atoms with Crippen LogP contribution in [0.4, 0.5) is 0 Å². The average molecular weight is 421 g/mol. The van der Waals surface area contributed by atoms with Gasteiger partial charge in [0.15, 0.2) is 0 Å². The Morgan fingerprint density at radius 1 is 0.562 bits per heavy atom. The molecule has 0 radical (unpaired) electrons. The Balaban J connectivity index is 1.79. The number of hydrogen-bond acceptors (Lipinski definition) is 2. The molecule has 0 bridgehead atoms. The summed E-state index contributed by atoms with van der Waals surface area (Å²) >= 11 is 0. The highest BCUT2D eigenvalue weighted by molar-refractivity contribution is 6.17. The SMILES string of the molecule is Cc1cc2c(c(O)c1-c1c(C)cc3c(c1O)c1ccccc1n3C)c1ccccc1n2C. The van der Waals surface area contributed by atoms with Crippen molar-refractivity contribution in [2.75, 3.05) is 0 Å². The number of nitrogens with zero attached hydrogens (tertiary/aromatic N) is 2. The van der Waals surface area contributed by atoms with Crippen molar-refractivity contribution in [2.45, 2.75) is 13.8 Å². The highest BCUT2D eigenvalue weighted by atomic mass is 16.3. The highest BCUT2D eigenvalue weighted by Gasteiger charge is 2.24. The molecule has 0 fully saturated rings. The molecule has 0 amide bonds. The first-order valence-corrected chi connectivity index (χ1v) is 10.8. The number of phenols is 2. The number of fused-ring (bicyclic) bond motifs is 6. The van der Waals surface area contributed by atoms with Crippen molar-refractivity contribution in [1.29, 1.82) is 0 Å². The smallest absolute Gasteiger partial charge is 0.133 e. The van der Waals surface area contributed by atoms with Gasteiger partial charge in [0.25, 0.3) is 0 Å². The molecule has 4 aromatic carbocycles. The van der Waals surface area contributed by atoms with Crippen molar-refractivity contribution < 1.29 is 10.2 Å². The molecule has 2 N–H and O–H groups in total. The van der Waals surface area contributed by atoms with Crippen LogP contribution < -0.4 is 0 Å². The summed E-state index contributed by atoms with van der Waals surface area (Å²) in [5.74, 6) is 0.435. The molecule has 0 aliphatic carbocycles. The van der Waals surface area contributed by atoms with Gasteiger partial charge in [-0.2, -0.15) is 0 Å². The molecular formula is C28H24N2O2. The van der Waals surface area contributed by atoms with Gasteiger partial charge in [-0.15, -0.1) is 0 Å². The molecule has 32 heavy (non-hydrogen) atoms. The third kappa shape index (κ3) is 2.21. The maximum Gasteiger partial charge on any atom is 0.133 e. The Labute approximate surface area is 185 Å². The van der Waals surface area contributed by atoms with Crippen LogP contribution in [0.5, 0.6) is 11.5 Å². The molecule has 2 heterocycles. The monoisotopic (exact) mass is 420 g/mol. The van der Waals surface area contributed by atoms with Gasteiger partial charge < -0.3 is 19.3 Å². The van der Waals surface area contributed by atoms with Gasteiger partial charge in [0.05, 0.1) is 11.0 Å². The maximum atomic E-state index is 11.6. The van der Waals surface area contributed by atoms with Gasteiger partial charge in [-0.05, 0) is 49.2 Å². The molecule has 0 saturated heterocycles. The number of aryl methyl sites for hydroxylation is 4. The molecule has 0 saturated carbocycles. The lowest BCUT2D eigenvalue weighted by molar-refractivity contribution is 0.475. The molecule has 0 aliphatic rings. The molecule has 0 unspecified atom stereocenters. The van der Waals surface area contributed by atoms with E-state index in [9.17, 15) is 10.2 Å². The Morgan fingerprint density at radius 3 is 1.34 bits per heavy atom. The lowest BCUT2D eigenvalue weighted by Crippen LogP contribution is -1.94. The first-order valence-electron chi connectivity index (χ1n) is 10.8. The third-order valence-corrected chi connectivity index (χ3v) is 7.00. The summed E-state index contributed by atoms with van der Waals surface area (Å²) in [5.41, 5.74) is 7.34. The summed E-state index contributed by atoms with van der Waals surface area (Å²) in [7, 11) is 4.04. The molecule has 158 valence electrons. The summed E-state index contributed by atoms with van der Waals surface area (Å²) in [6, 6.07) is 20.4. The van der Waals surface area contributed by atoms with E-state index in [-0.39, 0.29) is 11.5 Å². The van der Waals surface area contributed by atoms with Gasteiger partial charge in [0, 0.05) is 57.8 Å². The maximum absolute atomic E-state index is 11.6. The van der Waals surface area contributed by atoms with Gasteiger partial charge in [0.2, 0.25) is 0 Å². The van der Waals surface area contributed by atoms with Crippen LogP contribution in [0.1, 0.15) is 11.1 Å². The lowest BCUT2D eigenvalue weighted by atomic mass is 9.91. The summed E-state index contributed by atoms with van der Waals surface area (Å²) in [5, 5.41) is 26.9. The second kappa shape index (κ2) is 6.30. The quantitative estimate of drug-likeness (QED) is 0.312. The molecule has 6 aromatic rings. The average Bonchev–Trinajstić information content (AvgIpc) is 3.23. The molecule has 0 atom stereocenters. The Kier molecular flexibility index (Phi) is 3.70. The second-order valence-corrected chi connectivity index (χ2v) is 8.77. The van der Waals surface area contributed by atoms with Crippen LogP contribution in [-0.4, -0.2) is 19.3 Å². The Morgan fingerprint density at radius 2 is 0.938 bits per heavy atom. The fraction of sp³-hybridized carbons (Fsp3) is 0.143. The predicted octanol–water partition coefficient (Wildman–Crippen LogP) is 6.67. The summed E-state index contributed by atoms with van der Waals surface area (Å²) in [6.07, 6.45) is 0. The van der Waals surface area contributed by atoms with E-state index in [1.54, 1.807) is 0 Å². The molecule has 0 spiro atoms. The van der Waals surface area contributed by atoms with Crippen molar-refractivity contribution in [2.24, 2.45) is 14.1 Å². The van der Waals surface area contributed by atoms with Crippen molar-refractivity contribution in [3.8, 4) is 22.6 Å². The van der Waals surface area contributed by atoms with E-state index in [1.165, 1.54) is 0 Å². The number of hydrogen-bond donors (Lipinski definition) is 2. The van der Waals surface area contributed by atoms with Crippen LogP contribution in [0.25, 0.3) is 54.7 Å². The molecule has 6 rings (SSSR count). The van der Waals surface area contributed by atoms with Crippen LogP contribution in [0.2, 0.25) is 0 Å². The number of para-hydroxylation sites is 2. The van der Waals surface area contributed by atoms with Gasteiger partial charge in [-0.25, -0.2) is 0 Å². The standard InChI is InChI=1S/C28H24N2O2/c1-15-13-21-25(17-9-5-7-11-19(17)29(21)3)27(31)23(15)24-16(2)14-22-26(28(24)32)18-10-6-8-12-20(18)30(22)4/h5-14,31-32H,1-4H3. The normalized spacial score (nSPS) is 12.0. The third-order valence-electron chi connectivity index (χ3n) is 7.00. The minimum absolute atomic E-state index is 0.217. The summed E-state index contributed by atoms with van der Waals surface area (Å²) in [4.78, 5) is 0. The van der Waals surface area contributed by atoms with Gasteiger partial charge in [-0.1, -0.05) is 36.4 Å². The Hall–Kier alpha value is -3.92. The van der Waals surface area contributed by atoms with Gasteiger partial charge >= 0.3 is 0 Å². The van der Waals surface area contributed by atoms with E-state index in [0.717, 1.165) is 54.7 Å². The Bertz CT molecular complexity index is 1600. The van der Waals surface area contributed by atoms with Crippen LogP contribution in [-0.2, 0) is 14.1 Å². The fourth-order valence-electron chi connectivity index (χ4n) is 5.47. The van der Waals surface area contributed by atoms with E-state index >= 15 is 0 Å². The number of aromatic hydroxyl groups is 2. The number of aromatic nitrogens is 2. The van der Waals surface area contributed by atoms with Gasteiger partial charge in [-0.3, -0.25) is 0 Å². The zero-order chi connectivity index (χ0) is 22.3. The summed E-state index contributed by atoms with van der Waals surface area (Å²) < 4.78 is 4.23. The largest absolute Gasteiger partial charge is 0.507 e. The molecule has 0 aliphatic heterocycles. The minimum Gasteiger partial charge on any atom is -0.507 e. The molecular weight excluding hydrogens is 396 g/mol. The van der Waals surface area contributed by atoms with E-state index < -0.39 is 0 Å². The van der Waals surface area contributed by atoms with Crippen LogP contribution in [0.15, 0.2) is 60.7 Å². The number of benzene rings is 4. The first-order chi connectivity index (χ1) is 15.4. The van der Waals surface area contributed by atoms with E-state index in [2.05, 4.69) is 33.4 Å². The first kappa shape index (κ1) is 18.8. The van der Waals surface area contributed by atoms with E-state index in [0.29, 0.717) is 11.1 Å². The summed E-state index contributed by atoms with van der Waals surface area (Å²) in [6.45, 7) is 4.00. The van der Waals surface area contributed by atoms with Crippen LogP contribution in [0, 0.1) is 13.8 Å². The number of rotatable bonds is 1. The number of phenolic OH excluding ortho intramolecular Hbond substituents is 2. The van der Waals surface area contributed by atoms with Crippen molar-refractivity contribution in [3.05, 3.63) is 71.8 Å². The van der Waals surface area contributed by atoms with Crippen molar-refractivity contribution in [3.63, 3.8) is 0 Å². The topological polar surface area (TPSA) is 50.3 Å². The van der Waals surface area contributed by atoms with Gasteiger partial charge in [0.1, 0.15) is 11.5 Å². The van der Waals surface area contributed by atoms with E-state index in [4.69, 9.17) is 0 Å². The molecule has 4 nitrogen and oxygen atoms in total. The van der Waals surface area contributed by atoms with E-state index in [1.807, 2.05) is 64.3 Å². The molecule has 4 heteroatoms. The zero-order valence-corrected chi connectivity index (χ0v) is 18.6. The minimum atomic E-state index is 0.217. The predicted molar refractivity (Wildman–Crippen MR) is 133 cm³/mol. The molecule has 2 aromatic heterocycles. The fourth-order valence-corrected chi connectivity index (χ4v) is 5.47.